The van der Waals surface area contributed by atoms with Crippen LogP contribution in [-0.2, 0) is 0 Å². The fraction of sp³-hybridized carbons (Fsp3) is 0.143. The molecule has 0 saturated heterocycles. The fourth-order valence-corrected chi connectivity index (χ4v) is 1.99. The first-order valence-electron chi connectivity index (χ1n) is 6.27. The van der Waals surface area contributed by atoms with E-state index in [0.717, 1.165) is 5.56 Å². The Balaban J connectivity index is 2.26. The van der Waals surface area contributed by atoms with Crippen molar-refractivity contribution >= 4 is 17.1 Å². The van der Waals surface area contributed by atoms with Crippen LogP contribution >= 0.6 is 0 Å². The summed E-state index contributed by atoms with van der Waals surface area (Å²) in [5, 5.41) is 14.0. The summed E-state index contributed by atoms with van der Waals surface area (Å²) in [4.78, 5) is 10.4. The van der Waals surface area contributed by atoms with E-state index in [0.29, 0.717) is 11.4 Å². The first-order valence-corrected chi connectivity index (χ1v) is 6.27. The summed E-state index contributed by atoms with van der Waals surface area (Å²) < 4.78 is 13.2. The molecule has 0 radical (unpaired) electrons. The van der Waals surface area contributed by atoms with E-state index < -0.39 is 4.92 Å². The molecule has 110 valence electrons. The van der Waals surface area contributed by atoms with Crippen molar-refractivity contribution in [2.45, 2.75) is 13.0 Å². The van der Waals surface area contributed by atoms with Gasteiger partial charge in [-0.25, -0.2) is 4.39 Å². The smallest absolute Gasteiger partial charge is 0.273 e. The molecule has 2 rings (SSSR count). The molecule has 0 bridgehead atoms. The number of rotatable bonds is 5. The number of anilines is 2. The van der Waals surface area contributed by atoms with E-state index in [1.165, 1.54) is 24.3 Å². The van der Waals surface area contributed by atoms with Gasteiger partial charge >= 0.3 is 0 Å². The SMILES string of the molecule is CC(Nc1cc(NN)cc([N+](=O)[O-])c1)c1cccc(F)c1. The maximum Gasteiger partial charge on any atom is 0.273 e. The van der Waals surface area contributed by atoms with Crippen LogP contribution in [0.2, 0.25) is 0 Å². The standard InChI is InChI=1S/C14H15FN4O2/c1-9(10-3-2-4-11(15)5-10)17-12-6-13(18-16)8-14(7-12)19(20)21/h2-9,17-18H,16H2,1H3. The quantitative estimate of drug-likeness (QED) is 0.446. The molecule has 7 heteroatoms. The minimum absolute atomic E-state index is 0.0839. The molecule has 0 aliphatic heterocycles. The van der Waals surface area contributed by atoms with Crippen molar-refractivity contribution in [3.05, 3.63) is 64.0 Å². The summed E-state index contributed by atoms with van der Waals surface area (Å²) in [5.74, 6) is 4.97. The van der Waals surface area contributed by atoms with Gasteiger partial charge in [0.15, 0.2) is 0 Å². The third-order valence-corrected chi connectivity index (χ3v) is 3.03. The summed E-state index contributed by atoms with van der Waals surface area (Å²) in [6, 6.07) is 10.3. The van der Waals surface area contributed by atoms with Crippen LogP contribution in [0.5, 0.6) is 0 Å². The van der Waals surface area contributed by atoms with Crippen molar-refractivity contribution < 1.29 is 9.31 Å². The fourth-order valence-electron chi connectivity index (χ4n) is 1.99. The molecule has 0 aliphatic rings. The lowest BCUT2D eigenvalue weighted by Crippen LogP contribution is -2.10. The Morgan fingerprint density at radius 1 is 1.24 bits per heavy atom. The van der Waals surface area contributed by atoms with Crippen molar-refractivity contribution in [1.29, 1.82) is 0 Å². The number of nitro benzene ring substituents is 1. The minimum atomic E-state index is -0.501. The van der Waals surface area contributed by atoms with Gasteiger partial charge in [0.1, 0.15) is 5.82 Å². The number of hydrogen-bond acceptors (Lipinski definition) is 5. The van der Waals surface area contributed by atoms with Gasteiger partial charge in [0.2, 0.25) is 0 Å². The predicted molar refractivity (Wildman–Crippen MR) is 79.3 cm³/mol. The molecule has 1 unspecified atom stereocenters. The highest BCUT2D eigenvalue weighted by Crippen LogP contribution is 2.27. The number of hydrazine groups is 1. The number of non-ortho nitro benzene ring substituents is 1. The second-order valence-electron chi connectivity index (χ2n) is 4.59. The lowest BCUT2D eigenvalue weighted by atomic mass is 10.1. The molecule has 0 saturated carbocycles. The summed E-state index contributed by atoms with van der Waals surface area (Å²) in [6.45, 7) is 1.84. The lowest BCUT2D eigenvalue weighted by molar-refractivity contribution is -0.384. The third kappa shape index (κ3) is 3.67. The van der Waals surface area contributed by atoms with Crippen LogP contribution in [0.3, 0.4) is 0 Å². The van der Waals surface area contributed by atoms with Gasteiger partial charge in [-0.3, -0.25) is 16.0 Å². The van der Waals surface area contributed by atoms with Gasteiger partial charge in [-0.2, -0.15) is 0 Å². The highest BCUT2D eigenvalue weighted by Gasteiger charge is 2.12. The van der Waals surface area contributed by atoms with Crippen molar-refractivity contribution in [3.8, 4) is 0 Å². The van der Waals surface area contributed by atoms with Gasteiger partial charge in [0.25, 0.3) is 5.69 Å². The van der Waals surface area contributed by atoms with Crippen molar-refractivity contribution in [3.63, 3.8) is 0 Å². The molecule has 2 aromatic rings. The topological polar surface area (TPSA) is 93.2 Å². The molecule has 6 nitrogen and oxygen atoms in total. The Morgan fingerprint density at radius 3 is 2.57 bits per heavy atom. The van der Waals surface area contributed by atoms with Crippen molar-refractivity contribution in [2.24, 2.45) is 5.84 Å². The zero-order chi connectivity index (χ0) is 15.4. The first kappa shape index (κ1) is 14.7. The van der Waals surface area contributed by atoms with Crippen LogP contribution in [0.4, 0.5) is 21.5 Å². The summed E-state index contributed by atoms with van der Waals surface area (Å²) >= 11 is 0. The van der Waals surface area contributed by atoms with Gasteiger partial charge in [-0.05, 0) is 30.7 Å². The predicted octanol–water partition coefficient (Wildman–Crippen LogP) is 3.19. The molecular weight excluding hydrogens is 275 g/mol. The molecular formula is C14H15FN4O2. The molecule has 0 spiro atoms. The molecule has 0 fully saturated rings. The summed E-state index contributed by atoms with van der Waals surface area (Å²) in [7, 11) is 0. The lowest BCUT2D eigenvalue weighted by Gasteiger charge is -2.16. The van der Waals surface area contributed by atoms with Crippen molar-refractivity contribution in [2.75, 3.05) is 10.7 Å². The maximum atomic E-state index is 13.2. The summed E-state index contributed by atoms with van der Waals surface area (Å²) in [5.41, 5.74) is 3.97. The number of nitrogens with two attached hydrogens (primary N) is 1. The molecule has 0 heterocycles. The third-order valence-electron chi connectivity index (χ3n) is 3.03. The average Bonchev–Trinajstić information content (AvgIpc) is 2.46. The first-order chi connectivity index (χ1) is 9.99. The molecule has 1 atom stereocenters. The van der Waals surface area contributed by atoms with Crippen LogP contribution in [0.1, 0.15) is 18.5 Å². The van der Waals surface area contributed by atoms with E-state index in [1.807, 2.05) is 6.92 Å². The van der Waals surface area contributed by atoms with Crippen LogP contribution in [0, 0.1) is 15.9 Å². The maximum absolute atomic E-state index is 13.2. The van der Waals surface area contributed by atoms with Crippen LogP contribution < -0.4 is 16.6 Å². The number of benzene rings is 2. The number of hydrogen-bond donors (Lipinski definition) is 3. The number of nitrogens with zero attached hydrogens (tertiary/aromatic N) is 1. The highest BCUT2D eigenvalue weighted by atomic mass is 19.1. The molecule has 4 N–H and O–H groups in total. The van der Waals surface area contributed by atoms with Crippen LogP contribution in [0.25, 0.3) is 0 Å². The largest absolute Gasteiger partial charge is 0.378 e. The second kappa shape index (κ2) is 6.19. The van der Waals surface area contributed by atoms with Gasteiger partial charge < -0.3 is 10.7 Å². The van der Waals surface area contributed by atoms with E-state index in [9.17, 15) is 14.5 Å². The van der Waals surface area contributed by atoms with Gasteiger partial charge in [-0.15, -0.1) is 0 Å². The minimum Gasteiger partial charge on any atom is -0.378 e. The normalized spacial score (nSPS) is 11.8. The van der Waals surface area contributed by atoms with Crippen LogP contribution in [-0.4, -0.2) is 4.92 Å². The number of nitrogen functional groups attached to an aromatic ring is 1. The Hall–Kier alpha value is -2.67. The number of nitro groups is 1. The average molecular weight is 290 g/mol. The molecule has 21 heavy (non-hydrogen) atoms. The monoisotopic (exact) mass is 290 g/mol. The zero-order valence-electron chi connectivity index (χ0n) is 11.3. The Bertz CT molecular complexity index is 663. The highest BCUT2D eigenvalue weighted by molar-refractivity contribution is 5.63. The van der Waals surface area contributed by atoms with E-state index in [1.54, 1.807) is 18.2 Å². The Kier molecular flexibility index (Phi) is 4.34. The van der Waals surface area contributed by atoms with E-state index in [4.69, 9.17) is 5.84 Å². The second-order valence-corrected chi connectivity index (χ2v) is 4.59. The summed E-state index contributed by atoms with van der Waals surface area (Å²) in [6.07, 6.45) is 0. The van der Waals surface area contributed by atoms with Gasteiger partial charge in [0, 0.05) is 23.9 Å². The number of halogens is 1. The molecule has 0 amide bonds. The number of nitrogens with one attached hydrogen (secondary N) is 2. The van der Waals surface area contributed by atoms with E-state index in [2.05, 4.69) is 10.7 Å². The molecule has 0 aromatic heterocycles. The van der Waals surface area contributed by atoms with E-state index >= 15 is 0 Å². The zero-order valence-corrected chi connectivity index (χ0v) is 11.3. The molecule has 2 aromatic carbocycles. The Labute approximate surface area is 120 Å². The Morgan fingerprint density at radius 2 is 1.95 bits per heavy atom. The van der Waals surface area contributed by atoms with Crippen molar-refractivity contribution in [1.82, 2.24) is 0 Å². The van der Waals surface area contributed by atoms with E-state index in [-0.39, 0.29) is 17.5 Å². The molecule has 0 aliphatic carbocycles. The van der Waals surface area contributed by atoms with Gasteiger partial charge in [-0.1, -0.05) is 12.1 Å². The van der Waals surface area contributed by atoms with Gasteiger partial charge in [0.05, 0.1) is 10.6 Å². The van der Waals surface area contributed by atoms with Crippen LogP contribution in [0.15, 0.2) is 42.5 Å².